The van der Waals surface area contributed by atoms with Crippen LogP contribution >= 0.6 is 0 Å². The Morgan fingerprint density at radius 1 is 1.42 bits per heavy atom. The highest BCUT2D eigenvalue weighted by Gasteiger charge is 2.41. The van der Waals surface area contributed by atoms with Gasteiger partial charge in [0.25, 0.3) is 0 Å². The van der Waals surface area contributed by atoms with E-state index in [9.17, 15) is 4.79 Å². The minimum absolute atomic E-state index is 0.0288. The zero-order valence-electron chi connectivity index (χ0n) is 11.5. The van der Waals surface area contributed by atoms with Crippen LogP contribution in [0.3, 0.4) is 0 Å². The zero-order chi connectivity index (χ0) is 13.9. The highest BCUT2D eigenvalue weighted by Crippen LogP contribution is 2.31. The number of methoxy groups -OCH3 is 1. The normalized spacial score (nSPS) is 26.8. The number of aryl methyl sites for hydroxylation is 1. The van der Waals surface area contributed by atoms with E-state index in [1.807, 2.05) is 31.2 Å². The van der Waals surface area contributed by atoms with Crippen LogP contribution in [0.1, 0.15) is 31.2 Å². The molecule has 1 saturated carbocycles. The second-order valence-corrected chi connectivity index (χ2v) is 5.25. The van der Waals surface area contributed by atoms with Crippen molar-refractivity contribution in [1.29, 1.82) is 0 Å². The van der Waals surface area contributed by atoms with E-state index in [2.05, 4.69) is 0 Å². The Bertz CT molecular complexity index is 460. The molecule has 104 valence electrons. The molecule has 1 aromatic carbocycles. The molecule has 2 N–H and O–H groups in total. The minimum atomic E-state index is -0.902. The van der Waals surface area contributed by atoms with Gasteiger partial charge in [-0.15, -0.1) is 0 Å². The number of esters is 1. The van der Waals surface area contributed by atoms with Crippen LogP contribution in [0.25, 0.3) is 0 Å². The second-order valence-electron chi connectivity index (χ2n) is 5.25. The Labute approximate surface area is 113 Å². The van der Waals surface area contributed by atoms with Crippen molar-refractivity contribution in [3.63, 3.8) is 0 Å². The van der Waals surface area contributed by atoms with Crippen LogP contribution in [0.4, 0.5) is 0 Å². The standard InChI is InChI=1S/C15H21NO3/c1-11-6-3-4-8-13(11)19-12-7-5-9-15(16,10-12)14(17)18-2/h3-4,6,8,12H,5,7,9-10,16H2,1-2H3. The van der Waals surface area contributed by atoms with Crippen LogP contribution in [-0.4, -0.2) is 24.7 Å². The van der Waals surface area contributed by atoms with E-state index < -0.39 is 5.54 Å². The monoisotopic (exact) mass is 263 g/mol. The lowest BCUT2D eigenvalue weighted by molar-refractivity contribution is -0.149. The summed E-state index contributed by atoms with van der Waals surface area (Å²) in [6.07, 6.45) is 2.94. The van der Waals surface area contributed by atoms with Gasteiger partial charge in [0.15, 0.2) is 0 Å². The first kappa shape index (κ1) is 13.9. The number of ether oxygens (including phenoxy) is 2. The lowest BCUT2D eigenvalue weighted by Gasteiger charge is -2.35. The third-order valence-electron chi connectivity index (χ3n) is 3.72. The third-order valence-corrected chi connectivity index (χ3v) is 3.72. The molecule has 4 heteroatoms. The van der Waals surface area contributed by atoms with E-state index in [1.165, 1.54) is 7.11 Å². The number of nitrogens with two attached hydrogens (primary N) is 1. The molecule has 1 aliphatic rings. The maximum absolute atomic E-state index is 11.8. The molecule has 0 saturated heterocycles. The molecule has 1 fully saturated rings. The first-order valence-electron chi connectivity index (χ1n) is 6.65. The van der Waals surface area contributed by atoms with Crippen molar-refractivity contribution in [2.75, 3.05) is 7.11 Å². The molecule has 2 unspecified atom stereocenters. The van der Waals surface area contributed by atoms with E-state index in [0.29, 0.717) is 12.8 Å². The summed E-state index contributed by atoms with van der Waals surface area (Å²) >= 11 is 0. The Morgan fingerprint density at radius 2 is 2.16 bits per heavy atom. The number of hydrogen-bond donors (Lipinski definition) is 1. The SMILES string of the molecule is COC(=O)C1(N)CCCC(Oc2ccccc2C)C1. The highest BCUT2D eigenvalue weighted by atomic mass is 16.5. The van der Waals surface area contributed by atoms with Gasteiger partial charge in [-0.25, -0.2) is 0 Å². The maximum atomic E-state index is 11.8. The predicted octanol–water partition coefficient (Wildman–Crippen LogP) is 2.19. The van der Waals surface area contributed by atoms with E-state index in [0.717, 1.165) is 24.2 Å². The van der Waals surface area contributed by atoms with Gasteiger partial charge >= 0.3 is 5.97 Å². The van der Waals surface area contributed by atoms with E-state index in [1.54, 1.807) is 0 Å². The van der Waals surface area contributed by atoms with Crippen molar-refractivity contribution in [1.82, 2.24) is 0 Å². The van der Waals surface area contributed by atoms with Crippen molar-refractivity contribution in [2.45, 2.75) is 44.2 Å². The summed E-state index contributed by atoms with van der Waals surface area (Å²) in [5, 5.41) is 0. The van der Waals surface area contributed by atoms with Crippen molar-refractivity contribution in [2.24, 2.45) is 5.73 Å². The molecule has 0 heterocycles. The van der Waals surface area contributed by atoms with Crippen LogP contribution in [0.5, 0.6) is 5.75 Å². The summed E-state index contributed by atoms with van der Waals surface area (Å²) in [5.41, 5.74) is 6.33. The van der Waals surface area contributed by atoms with Gasteiger partial charge in [-0.1, -0.05) is 18.2 Å². The predicted molar refractivity (Wildman–Crippen MR) is 73.0 cm³/mol. The van der Waals surface area contributed by atoms with Gasteiger partial charge in [-0.2, -0.15) is 0 Å². The third kappa shape index (κ3) is 3.07. The van der Waals surface area contributed by atoms with Crippen molar-refractivity contribution in [3.8, 4) is 5.75 Å². The number of para-hydroxylation sites is 1. The molecule has 0 aromatic heterocycles. The van der Waals surface area contributed by atoms with Crippen molar-refractivity contribution in [3.05, 3.63) is 29.8 Å². The average molecular weight is 263 g/mol. The summed E-state index contributed by atoms with van der Waals surface area (Å²) < 4.78 is 10.8. The van der Waals surface area contributed by atoms with E-state index in [4.69, 9.17) is 15.2 Å². The van der Waals surface area contributed by atoms with Crippen LogP contribution < -0.4 is 10.5 Å². The highest BCUT2D eigenvalue weighted by molar-refractivity contribution is 5.80. The number of carbonyl (C=O) groups is 1. The Hall–Kier alpha value is -1.55. The molecular weight excluding hydrogens is 242 g/mol. The van der Waals surface area contributed by atoms with E-state index >= 15 is 0 Å². The molecule has 2 atom stereocenters. The summed E-state index contributed by atoms with van der Waals surface area (Å²) in [5.74, 6) is 0.521. The Morgan fingerprint density at radius 3 is 2.84 bits per heavy atom. The molecule has 0 amide bonds. The van der Waals surface area contributed by atoms with Gasteiger partial charge in [0.1, 0.15) is 17.4 Å². The average Bonchev–Trinajstić information content (AvgIpc) is 2.40. The van der Waals surface area contributed by atoms with Crippen LogP contribution in [0.15, 0.2) is 24.3 Å². The van der Waals surface area contributed by atoms with Crippen LogP contribution in [-0.2, 0) is 9.53 Å². The molecule has 19 heavy (non-hydrogen) atoms. The summed E-state index contributed by atoms with van der Waals surface area (Å²) in [7, 11) is 1.38. The number of carbonyl (C=O) groups excluding carboxylic acids is 1. The zero-order valence-corrected chi connectivity index (χ0v) is 11.5. The maximum Gasteiger partial charge on any atom is 0.325 e. The van der Waals surface area contributed by atoms with Gasteiger partial charge < -0.3 is 15.2 Å². The topological polar surface area (TPSA) is 61.5 Å². The first-order chi connectivity index (χ1) is 9.05. The van der Waals surface area contributed by atoms with Crippen LogP contribution in [0.2, 0.25) is 0 Å². The first-order valence-corrected chi connectivity index (χ1v) is 6.65. The van der Waals surface area contributed by atoms with Gasteiger partial charge in [0.2, 0.25) is 0 Å². The largest absolute Gasteiger partial charge is 0.490 e. The van der Waals surface area contributed by atoms with Gasteiger partial charge in [0, 0.05) is 6.42 Å². The summed E-state index contributed by atoms with van der Waals surface area (Å²) in [6.45, 7) is 2.01. The molecule has 0 radical (unpaired) electrons. The molecule has 0 aliphatic heterocycles. The fourth-order valence-corrected chi connectivity index (χ4v) is 2.61. The van der Waals surface area contributed by atoms with Gasteiger partial charge in [0.05, 0.1) is 7.11 Å². The van der Waals surface area contributed by atoms with Crippen LogP contribution in [0, 0.1) is 6.92 Å². The number of hydrogen-bond acceptors (Lipinski definition) is 4. The summed E-state index contributed by atoms with van der Waals surface area (Å²) in [6, 6.07) is 7.88. The number of rotatable bonds is 3. The second kappa shape index (κ2) is 5.61. The van der Waals surface area contributed by atoms with Crippen molar-refractivity contribution >= 4 is 5.97 Å². The summed E-state index contributed by atoms with van der Waals surface area (Å²) in [4.78, 5) is 11.8. The van der Waals surface area contributed by atoms with Gasteiger partial charge in [-0.05, 0) is 37.8 Å². The molecule has 4 nitrogen and oxygen atoms in total. The Balaban J connectivity index is 2.06. The Kier molecular flexibility index (Phi) is 4.10. The number of benzene rings is 1. The van der Waals surface area contributed by atoms with Gasteiger partial charge in [-0.3, -0.25) is 4.79 Å². The quantitative estimate of drug-likeness (QED) is 0.849. The fraction of sp³-hybridized carbons (Fsp3) is 0.533. The van der Waals surface area contributed by atoms with E-state index in [-0.39, 0.29) is 12.1 Å². The lowest BCUT2D eigenvalue weighted by atomic mass is 9.81. The van der Waals surface area contributed by atoms with Crippen molar-refractivity contribution < 1.29 is 14.3 Å². The minimum Gasteiger partial charge on any atom is -0.490 e. The molecule has 0 spiro atoms. The molecule has 2 rings (SSSR count). The molecule has 1 aliphatic carbocycles. The fourth-order valence-electron chi connectivity index (χ4n) is 2.61. The molecule has 1 aromatic rings. The molecule has 0 bridgehead atoms. The smallest absolute Gasteiger partial charge is 0.325 e. The molecular formula is C15H21NO3. The lowest BCUT2D eigenvalue weighted by Crippen LogP contribution is -2.54.